The lowest BCUT2D eigenvalue weighted by molar-refractivity contribution is -0.133. The standard InChI is InChI=1S/C21H25N3O4/c1-15(22-21(27)16-7-5-4-6-8-16)13-20(26)24(2)14-19(25)23-17-9-11-18(28-3)12-10-17/h4-12,15H,13-14H2,1-3H3,(H,22,27)(H,23,25). The molecule has 0 bridgehead atoms. The molecule has 1 atom stereocenters. The first-order valence-electron chi connectivity index (χ1n) is 8.93. The van der Waals surface area contributed by atoms with Crippen molar-refractivity contribution in [3.8, 4) is 5.75 Å². The van der Waals surface area contributed by atoms with Gasteiger partial charge >= 0.3 is 0 Å². The van der Waals surface area contributed by atoms with E-state index in [9.17, 15) is 14.4 Å². The van der Waals surface area contributed by atoms with Crippen LogP contribution in [0.3, 0.4) is 0 Å². The Morgan fingerprint density at radius 1 is 1.04 bits per heavy atom. The molecule has 7 heteroatoms. The van der Waals surface area contributed by atoms with Gasteiger partial charge < -0.3 is 20.3 Å². The smallest absolute Gasteiger partial charge is 0.251 e. The van der Waals surface area contributed by atoms with Gasteiger partial charge in [-0.15, -0.1) is 0 Å². The molecule has 2 N–H and O–H groups in total. The minimum absolute atomic E-state index is 0.0792. The molecule has 3 amide bonds. The van der Waals surface area contributed by atoms with Crippen LogP contribution in [0.1, 0.15) is 23.7 Å². The zero-order chi connectivity index (χ0) is 20.5. The summed E-state index contributed by atoms with van der Waals surface area (Å²) in [5.74, 6) is -0.0784. The van der Waals surface area contributed by atoms with Gasteiger partial charge in [0.2, 0.25) is 11.8 Å². The monoisotopic (exact) mass is 383 g/mol. The van der Waals surface area contributed by atoms with Gasteiger partial charge in [0.1, 0.15) is 5.75 Å². The summed E-state index contributed by atoms with van der Waals surface area (Å²) in [5, 5.41) is 5.51. The molecule has 2 rings (SSSR count). The lowest BCUT2D eigenvalue weighted by Gasteiger charge is -2.20. The number of anilines is 1. The van der Waals surface area contributed by atoms with Crippen molar-refractivity contribution in [3.63, 3.8) is 0 Å². The molecule has 7 nitrogen and oxygen atoms in total. The number of hydrogen-bond donors (Lipinski definition) is 2. The normalized spacial score (nSPS) is 11.2. The molecule has 0 fully saturated rings. The fourth-order valence-corrected chi connectivity index (χ4v) is 2.54. The molecule has 0 aliphatic rings. The molecule has 2 aromatic rings. The second-order valence-electron chi connectivity index (χ2n) is 6.47. The van der Waals surface area contributed by atoms with Crippen molar-refractivity contribution < 1.29 is 19.1 Å². The van der Waals surface area contributed by atoms with Gasteiger partial charge in [-0.05, 0) is 43.3 Å². The van der Waals surface area contributed by atoms with E-state index in [-0.39, 0.29) is 36.7 Å². The van der Waals surface area contributed by atoms with Crippen LogP contribution in [0.4, 0.5) is 5.69 Å². The van der Waals surface area contributed by atoms with E-state index in [0.717, 1.165) is 0 Å². The van der Waals surface area contributed by atoms with Crippen LogP contribution in [0.2, 0.25) is 0 Å². The minimum atomic E-state index is -0.354. The maximum Gasteiger partial charge on any atom is 0.251 e. The number of amides is 3. The third kappa shape index (κ3) is 6.42. The van der Waals surface area contributed by atoms with E-state index in [1.165, 1.54) is 4.90 Å². The van der Waals surface area contributed by atoms with Crippen LogP contribution in [0.15, 0.2) is 54.6 Å². The fourth-order valence-electron chi connectivity index (χ4n) is 2.54. The van der Waals surface area contributed by atoms with Crippen molar-refractivity contribution in [1.29, 1.82) is 0 Å². The van der Waals surface area contributed by atoms with Gasteiger partial charge in [-0.25, -0.2) is 0 Å². The van der Waals surface area contributed by atoms with Crippen LogP contribution < -0.4 is 15.4 Å². The Morgan fingerprint density at radius 2 is 1.68 bits per heavy atom. The highest BCUT2D eigenvalue weighted by molar-refractivity contribution is 5.95. The van der Waals surface area contributed by atoms with Gasteiger partial charge in [0.05, 0.1) is 13.7 Å². The Hall–Kier alpha value is -3.35. The summed E-state index contributed by atoms with van der Waals surface area (Å²) >= 11 is 0. The summed E-state index contributed by atoms with van der Waals surface area (Å²) in [4.78, 5) is 37.9. The number of nitrogens with zero attached hydrogens (tertiary/aromatic N) is 1. The second-order valence-corrected chi connectivity index (χ2v) is 6.47. The van der Waals surface area contributed by atoms with Crippen molar-refractivity contribution in [1.82, 2.24) is 10.2 Å². The molecule has 0 radical (unpaired) electrons. The third-order valence-corrected chi connectivity index (χ3v) is 4.07. The summed E-state index contributed by atoms with van der Waals surface area (Å²) in [6.07, 6.45) is 0.102. The summed E-state index contributed by atoms with van der Waals surface area (Å²) in [6.45, 7) is 1.67. The fraction of sp³-hybridized carbons (Fsp3) is 0.286. The van der Waals surface area contributed by atoms with E-state index in [2.05, 4.69) is 10.6 Å². The first-order valence-corrected chi connectivity index (χ1v) is 8.93. The third-order valence-electron chi connectivity index (χ3n) is 4.07. The van der Waals surface area contributed by atoms with Gasteiger partial charge in [0.25, 0.3) is 5.91 Å². The summed E-state index contributed by atoms with van der Waals surface area (Å²) < 4.78 is 5.07. The topological polar surface area (TPSA) is 87.7 Å². The number of likely N-dealkylation sites (N-methyl/N-ethyl adjacent to an activating group) is 1. The number of hydrogen-bond acceptors (Lipinski definition) is 4. The largest absolute Gasteiger partial charge is 0.497 e. The maximum atomic E-state index is 12.3. The molecule has 0 aliphatic carbocycles. The predicted octanol–water partition coefficient (Wildman–Crippen LogP) is 2.30. The number of benzene rings is 2. The molecule has 28 heavy (non-hydrogen) atoms. The van der Waals surface area contributed by atoms with Crippen LogP contribution in [0, 0.1) is 0 Å². The molecule has 0 aliphatic heterocycles. The predicted molar refractivity (Wildman–Crippen MR) is 107 cm³/mol. The van der Waals surface area contributed by atoms with Gasteiger partial charge in [0, 0.05) is 30.8 Å². The maximum absolute atomic E-state index is 12.3. The lowest BCUT2D eigenvalue weighted by Crippen LogP contribution is -2.40. The van der Waals surface area contributed by atoms with Crippen LogP contribution in [-0.4, -0.2) is 49.4 Å². The van der Waals surface area contributed by atoms with E-state index < -0.39 is 0 Å². The Kier molecular flexibility index (Phi) is 7.56. The van der Waals surface area contributed by atoms with Crippen molar-refractivity contribution in [2.24, 2.45) is 0 Å². The van der Waals surface area contributed by atoms with Crippen LogP contribution in [0.5, 0.6) is 5.75 Å². The minimum Gasteiger partial charge on any atom is -0.497 e. The number of ether oxygens (including phenoxy) is 1. The van der Waals surface area contributed by atoms with Crippen molar-refractivity contribution in [2.75, 3.05) is 26.0 Å². The van der Waals surface area contributed by atoms with Gasteiger partial charge in [-0.3, -0.25) is 14.4 Å². The molecule has 148 valence electrons. The van der Waals surface area contributed by atoms with Gasteiger partial charge in [0.15, 0.2) is 0 Å². The van der Waals surface area contributed by atoms with Crippen LogP contribution >= 0.6 is 0 Å². The van der Waals surface area contributed by atoms with Crippen LogP contribution in [-0.2, 0) is 9.59 Å². The SMILES string of the molecule is COc1ccc(NC(=O)CN(C)C(=O)CC(C)NC(=O)c2ccccc2)cc1. The Balaban J connectivity index is 1.79. The first-order chi connectivity index (χ1) is 13.4. The zero-order valence-corrected chi connectivity index (χ0v) is 16.3. The molecular weight excluding hydrogens is 358 g/mol. The highest BCUT2D eigenvalue weighted by atomic mass is 16.5. The molecule has 0 spiro atoms. The van der Waals surface area contributed by atoms with Gasteiger partial charge in [-0.1, -0.05) is 18.2 Å². The van der Waals surface area contributed by atoms with E-state index in [1.807, 2.05) is 6.07 Å². The number of rotatable bonds is 8. The Labute approximate surface area is 164 Å². The van der Waals surface area contributed by atoms with E-state index >= 15 is 0 Å². The highest BCUT2D eigenvalue weighted by Gasteiger charge is 2.18. The molecule has 0 saturated heterocycles. The Morgan fingerprint density at radius 3 is 2.29 bits per heavy atom. The average Bonchev–Trinajstić information content (AvgIpc) is 2.68. The first kappa shape index (κ1) is 21.0. The second kappa shape index (κ2) is 10.1. The Bertz CT molecular complexity index is 806. The molecule has 0 heterocycles. The molecule has 0 saturated carbocycles. The summed E-state index contributed by atoms with van der Waals surface area (Å²) in [6, 6.07) is 15.4. The average molecular weight is 383 g/mol. The number of nitrogens with one attached hydrogen (secondary N) is 2. The molecule has 0 aromatic heterocycles. The quantitative estimate of drug-likeness (QED) is 0.732. The summed E-state index contributed by atoms with van der Waals surface area (Å²) in [7, 11) is 3.12. The van der Waals surface area contributed by atoms with Gasteiger partial charge in [-0.2, -0.15) is 0 Å². The van der Waals surface area contributed by atoms with Crippen LogP contribution in [0.25, 0.3) is 0 Å². The molecule has 1 unspecified atom stereocenters. The molecular formula is C21H25N3O4. The summed E-state index contributed by atoms with van der Waals surface area (Å²) in [5.41, 5.74) is 1.16. The number of carbonyl (C=O) groups is 3. The van der Waals surface area contributed by atoms with Crippen molar-refractivity contribution >= 4 is 23.4 Å². The highest BCUT2D eigenvalue weighted by Crippen LogP contribution is 2.14. The molecule has 2 aromatic carbocycles. The zero-order valence-electron chi connectivity index (χ0n) is 16.3. The van der Waals surface area contributed by atoms with Crippen molar-refractivity contribution in [3.05, 3.63) is 60.2 Å². The number of methoxy groups -OCH3 is 1. The van der Waals surface area contributed by atoms with E-state index in [0.29, 0.717) is 17.0 Å². The van der Waals surface area contributed by atoms with Crippen molar-refractivity contribution in [2.45, 2.75) is 19.4 Å². The lowest BCUT2D eigenvalue weighted by atomic mass is 10.1. The van der Waals surface area contributed by atoms with E-state index in [4.69, 9.17) is 4.74 Å². The van der Waals surface area contributed by atoms with E-state index in [1.54, 1.807) is 69.6 Å². The number of carbonyl (C=O) groups excluding carboxylic acids is 3.